The van der Waals surface area contributed by atoms with Gasteiger partial charge in [-0.3, -0.25) is 4.79 Å². The van der Waals surface area contributed by atoms with Crippen molar-refractivity contribution in [1.82, 2.24) is 9.97 Å². The molecule has 80 valence electrons. The van der Waals surface area contributed by atoms with Crippen LogP contribution in [-0.4, -0.2) is 28.5 Å². The van der Waals surface area contributed by atoms with Gasteiger partial charge in [-0.05, 0) is 13.3 Å². The molecule has 1 aliphatic rings. The number of primary amides is 1. The van der Waals surface area contributed by atoms with Crippen LogP contribution in [0.1, 0.15) is 12.1 Å². The molecule has 1 fully saturated rings. The molecule has 0 spiro atoms. The molecule has 15 heavy (non-hydrogen) atoms. The molecule has 0 aromatic carbocycles. The van der Waals surface area contributed by atoms with Crippen molar-refractivity contribution in [3.8, 4) is 0 Å². The summed E-state index contributed by atoms with van der Waals surface area (Å²) in [6.07, 6.45) is 0.776. The highest BCUT2D eigenvalue weighted by Gasteiger charge is 2.33. The zero-order chi connectivity index (χ0) is 11.0. The van der Waals surface area contributed by atoms with Gasteiger partial charge in [0.25, 0.3) is 0 Å². The third-order valence-electron chi connectivity index (χ3n) is 2.50. The van der Waals surface area contributed by atoms with Crippen LogP contribution < -0.4 is 16.4 Å². The fourth-order valence-corrected chi connectivity index (χ4v) is 1.68. The van der Waals surface area contributed by atoms with Crippen LogP contribution in [0, 0.1) is 6.92 Å². The predicted octanol–water partition coefficient (Wildman–Crippen LogP) is -0.569. The van der Waals surface area contributed by atoms with Crippen molar-refractivity contribution < 1.29 is 4.79 Å². The first kappa shape index (κ1) is 9.70. The van der Waals surface area contributed by atoms with Crippen molar-refractivity contribution in [2.45, 2.75) is 19.4 Å². The van der Waals surface area contributed by atoms with E-state index in [4.69, 9.17) is 11.5 Å². The maximum Gasteiger partial charge on any atom is 0.240 e. The fraction of sp³-hybridized carbons (Fsp3) is 0.444. The van der Waals surface area contributed by atoms with Crippen molar-refractivity contribution in [3.63, 3.8) is 0 Å². The molecule has 1 aliphatic heterocycles. The topological polar surface area (TPSA) is 98.1 Å². The van der Waals surface area contributed by atoms with Crippen LogP contribution in [-0.2, 0) is 4.79 Å². The molecular weight excluding hydrogens is 194 g/mol. The molecule has 1 aromatic rings. The number of hydrogen-bond acceptors (Lipinski definition) is 5. The number of nitrogens with two attached hydrogens (primary N) is 2. The molecule has 6 nitrogen and oxygen atoms in total. The monoisotopic (exact) mass is 207 g/mol. The van der Waals surface area contributed by atoms with E-state index in [9.17, 15) is 4.79 Å². The Morgan fingerprint density at radius 3 is 2.80 bits per heavy atom. The number of nitrogens with zero attached hydrogens (tertiary/aromatic N) is 3. The van der Waals surface area contributed by atoms with Gasteiger partial charge in [0.1, 0.15) is 11.9 Å². The smallest absolute Gasteiger partial charge is 0.240 e. The van der Waals surface area contributed by atoms with E-state index in [1.165, 1.54) is 0 Å². The Labute approximate surface area is 87.3 Å². The van der Waals surface area contributed by atoms with Crippen LogP contribution in [0.3, 0.4) is 0 Å². The van der Waals surface area contributed by atoms with E-state index in [-0.39, 0.29) is 17.9 Å². The number of nitrogen functional groups attached to an aromatic ring is 1. The van der Waals surface area contributed by atoms with Crippen LogP contribution in [0.15, 0.2) is 6.07 Å². The average molecular weight is 207 g/mol. The van der Waals surface area contributed by atoms with Gasteiger partial charge >= 0.3 is 0 Å². The second kappa shape index (κ2) is 3.38. The minimum atomic E-state index is -0.323. The Kier molecular flexibility index (Phi) is 2.18. The van der Waals surface area contributed by atoms with Crippen molar-refractivity contribution in [2.24, 2.45) is 5.73 Å². The van der Waals surface area contributed by atoms with Crippen molar-refractivity contribution in [3.05, 3.63) is 11.8 Å². The Hall–Kier alpha value is -1.85. The predicted molar refractivity (Wildman–Crippen MR) is 56.1 cm³/mol. The Morgan fingerprint density at radius 2 is 2.33 bits per heavy atom. The zero-order valence-electron chi connectivity index (χ0n) is 8.47. The molecule has 1 atom stereocenters. The standard InChI is InChI=1S/C9H13N5O/c1-5-4-7(13-9(11)12-5)14-3-2-6(14)8(10)15/h4,6H,2-3H2,1H3,(H2,10,15)(H2,11,12,13). The number of aryl methyl sites for hydroxylation is 1. The highest BCUT2D eigenvalue weighted by molar-refractivity contribution is 5.85. The molecule has 1 saturated heterocycles. The van der Waals surface area contributed by atoms with E-state index in [2.05, 4.69) is 9.97 Å². The van der Waals surface area contributed by atoms with Gasteiger partial charge in [0.05, 0.1) is 0 Å². The summed E-state index contributed by atoms with van der Waals surface area (Å²) < 4.78 is 0. The lowest BCUT2D eigenvalue weighted by Gasteiger charge is -2.39. The van der Waals surface area contributed by atoms with E-state index in [1.807, 2.05) is 11.8 Å². The number of rotatable bonds is 2. The molecule has 0 bridgehead atoms. The van der Waals surface area contributed by atoms with Gasteiger partial charge in [0.2, 0.25) is 11.9 Å². The highest BCUT2D eigenvalue weighted by atomic mass is 16.1. The number of aromatic nitrogens is 2. The first-order chi connectivity index (χ1) is 7.08. The lowest BCUT2D eigenvalue weighted by Crippen LogP contribution is -2.55. The van der Waals surface area contributed by atoms with Crippen LogP contribution in [0.25, 0.3) is 0 Å². The van der Waals surface area contributed by atoms with Gasteiger partial charge in [-0.1, -0.05) is 0 Å². The SMILES string of the molecule is Cc1cc(N2CCC2C(N)=O)nc(N)n1. The second-order valence-corrected chi connectivity index (χ2v) is 3.63. The number of carbonyl (C=O) groups excluding carboxylic acids is 1. The molecule has 2 rings (SSSR count). The summed E-state index contributed by atoms with van der Waals surface area (Å²) in [6.45, 7) is 2.62. The highest BCUT2D eigenvalue weighted by Crippen LogP contribution is 2.25. The van der Waals surface area contributed by atoms with Gasteiger partial charge in [-0.15, -0.1) is 0 Å². The fourth-order valence-electron chi connectivity index (χ4n) is 1.68. The number of anilines is 2. The van der Waals surface area contributed by atoms with Gasteiger partial charge in [0.15, 0.2) is 0 Å². The minimum Gasteiger partial charge on any atom is -0.368 e. The third-order valence-corrected chi connectivity index (χ3v) is 2.50. The average Bonchev–Trinajstić information content (AvgIpc) is 1.97. The molecule has 0 radical (unpaired) electrons. The lowest BCUT2D eigenvalue weighted by atomic mass is 10.0. The van der Waals surface area contributed by atoms with Gasteiger partial charge < -0.3 is 16.4 Å². The van der Waals surface area contributed by atoms with Crippen LogP contribution in [0.4, 0.5) is 11.8 Å². The molecule has 0 saturated carbocycles. The van der Waals surface area contributed by atoms with Crippen LogP contribution in [0.2, 0.25) is 0 Å². The maximum absolute atomic E-state index is 11.0. The summed E-state index contributed by atoms with van der Waals surface area (Å²) in [7, 11) is 0. The molecule has 0 aliphatic carbocycles. The normalized spacial score (nSPS) is 19.8. The summed E-state index contributed by atoms with van der Waals surface area (Å²) in [5.74, 6) is 0.575. The molecule has 2 heterocycles. The van der Waals surface area contributed by atoms with Crippen molar-refractivity contribution in [2.75, 3.05) is 17.2 Å². The number of carbonyl (C=O) groups is 1. The molecule has 6 heteroatoms. The third kappa shape index (κ3) is 1.70. The van der Waals surface area contributed by atoms with E-state index in [1.54, 1.807) is 6.07 Å². The van der Waals surface area contributed by atoms with Crippen LogP contribution >= 0.6 is 0 Å². The quantitative estimate of drug-likeness (QED) is 0.676. The van der Waals surface area contributed by atoms with E-state index >= 15 is 0 Å². The van der Waals surface area contributed by atoms with Gasteiger partial charge in [-0.2, -0.15) is 4.98 Å². The zero-order valence-corrected chi connectivity index (χ0v) is 8.47. The largest absolute Gasteiger partial charge is 0.368 e. The van der Waals surface area contributed by atoms with E-state index < -0.39 is 0 Å². The summed E-state index contributed by atoms with van der Waals surface area (Å²) in [4.78, 5) is 20.9. The first-order valence-electron chi connectivity index (χ1n) is 4.75. The summed E-state index contributed by atoms with van der Waals surface area (Å²) in [5, 5.41) is 0. The molecule has 1 unspecified atom stereocenters. The van der Waals surface area contributed by atoms with Crippen molar-refractivity contribution >= 4 is 17.7 Å². The minimum absolute atomic E-state index is 0.222. The summed E-state index contributed by atoms with van der Waals surface area (Å²) in [6, 6.07) is 1.55. The number of hydrogen-bond donors (Lipinski definition) is 2. The van der Waals surface area contributed by atoms with E-state index in [0.29, 0.717) is 5.82 Å². The Balaban J connectivity index is 2.26. The Morgan fingerprint density at radius 1 is 1.60 bits per heavy atom. The molecular formula is C9H13N5O. The van der Waals surface area contributed by atoms with Crippen LogP contribution in [0.5, 0.6) is 0 Å². The maximum atomic E-state index is 11.0. The molecule has 1 amide bonds. The summed E-state index contributed by atoms with van der Waals surface area (Å²) in [5.41, 5.74) is 11.6. The molecule has 1 aromatic heterocycles. The van der Waals surface area contributed by atoms with E-state index in [0.717, 1.165) is 18.7 Å². The van der Waals surface area contributed by atoms with Crippen molar-refractivity contribution in [1.29, 1.82) is 0 Å². The van der Waals surface area contributed by atoms with Gasteiger partial charge in [-0.25, -0.2) is 4.98 Å². The van der Waals surface area contributed by atoms with Gasteiger partial charge in [0, 0.05) is 18.3 Å². The second-order valence-electron chi connectivity index (χ2n) is 3.63. The summed E-state index contributed by atoms with van der Waals surface area (Å²) >= 11 is 0. The molecule has 4 N–H and O–H groups in total. The lowest BCUT2D eigenvalue weighted by molar-refractivity contribution is -0.120. The number of amides is 1. The Bertz CT molecular complexity index is 385. The first-order valence-corrected chi connectivity index (χ1v) is 4.75.